The summed E-state index contributed by atoms with van der Waals surface area (Å²) in [5.41, 5.74) is 3.57. The molecule has 0 saturated carbocycles. The first-order valence-electron chi connectivity index (χ1n) is 11.9. The zero-order chi connectivity index (χ0) is 24.6. The van der Waals surface area contributed by atoms with Crippen molar-refractivity contribution in [2.24, 2.45) is 5.41 Å². The molecule has 0 bridgehead atoms. The quantitative estimate of drug-likeness (QED) is 0.326. The number of fused-ring (bicyclic) bond motifs is 1. The fourth-order valence-corrected chi connectivity index (χ4v) is 5.79. The van der Waals surface area contributed by atoms with Crippen LogP contribution in [0, 0.1) is 5.41 Å². The van der Waals surface area contributed by atoms with Crippen LogP contribution >= 0.6 is 27.7 Å². The molecular formula is C27H29BrN4O2S. The van der Waals surface area contributed by atoms with E-state index in [1.807, 2.05) is 53.2 Å². The highest BCUT2D eigenvalue weighted by Crippen LogP contribution is 2.47. The van der Waals surface area contributed by atoms with Crippen LogP contribution in [0.5, 0.6) is 5.75 Å². The molecule has 3 aromatic rings. The monoisotopic (exact) mass is 552 g/mol. The van der Waals surface area contributed by atoms with E-state index in [4.69, 9.17) is 14.8 Å². The summed E-state index contributed by atoms with van der Waals surface area (Å²) in [4.78, 5) is 18.4. The minimum atomic E-state index is -0.406. The Labute approximate surface area is 218 Å². The van der Waals surface area contributed by atoms with Gasteiger partial charge in [0.05, 0.1) is 0 Å². The van der Waals surface area contributed by atoms with Gasteiger partial charge >= 0.3 is 0 Å². The Hall–Kier alpha value is -2.58. The molecule has 0 radical (unpaired) electrons. The first-order chi connectivity index (χ1) is 16.8. The third-order valence-corrected chi connectivity index (χ3v) is 7.79. The van der Waals surface area contributed by atoms with Crippen LogP contribution < -0.4 is 10.1 Å². The van der Waals surface area contributed by atoms with E-state index in [1.54, 1.807) is 11.8 Å². The van der Waals surface area contributed by atoms with Crippen molar-refractivity contribution in [1.82, 2.24) is 14.8 Å². The van der Waals surface area contributed by atoms with Crippen LogP contribution in [-0.4, -0.2) is 26.3 Å². The molecule has 0 spiro atoms. The van der Waals surface area contributed by atoms with E-state index < -0.39 is 6.04 Å². The maximum atomic E-state index is 13.6. The summed E-state index contributed by atoms with van der Waals surface area (Å²) in [6, 6.07) is 15.7. The molecule has 0 fully saturated rings. The molecule has 1 aliphatic carbocycles. The van der Waals surface area contributed by atoms with Gasteiger partial charge < -0.3 is 10.1 Å². The summed E-state index contributed by atoms with van der Waals surface area (Å²) in [6.07, 6.45) is 2.32. The lowest BCUT2D eigenvalue weighted by atomic mass is 9.73. The van der Waals surface area contributed by atoms with Crippen molar-refractivity contribution in [2.45, 2.75) is 57.8 Å². The molecule has 1 atom stereocenters. The maximum absolute atomic E-state index is 13.6. The zero-order valence-electron chi connectivity index (χ0n) is 20.2. The van der Waals surface area contributed by atoms with Gasteiger partial charge in [-0.2, -0.15) is 4.98 Å². The Morgan fingerprint density at radius 1 is 1.20 bits per heavy atom. The number of carbonyl (C=O) groups excluding carboxylic acids is 1. The van der Waals surface area contributed by atoms with Crippen LogP contribution in [-0.2, 0) is 11.4 Å². The molecule has 35 heavy (non-hydrogen) atoms. The number of ketones is 1. The van der Waals surface area contributed by atoms with E-state index in [1.165, 1.54) is 0 Å². The largest absolute Gasteiger partial charge is 0.489 e. The highest BCUT2D eigenvalue weighted by molar-refractivity contribution is 9.10. The molecule has 5 rings (SSSR count). The van der Waals surface area contributed by atoms with Crippen molar-refractivity contribution in [2.75, 3.05) is 11.1 Å². The van der Waals surface area contributed by atoms with Gasteiger partial charge in [-0.3, -0.25) is 4.79 Å². The number of Topliss-reactive ketones (excluding diaryl/α,β-unsaturated/α-hetero) is 1. The van der Waals surface area contributed by atoms with Crippen molar-refractivity contribution < 1.29 is 9.53 Å². The third-order valence-electron chi connectivity index (χ3n) is 6.25. The third kappa shape index (κ3) is 5.05. The second-order valence-electron chi connectivity index (χ2n) is 9.83. The average Bonchev–Trinajstić information content (AvgIpc) is 3.23. The molecule has 1 aromatic heterocycles. The number of allylic oxidation sites excluding steroid dienone is 2. The number of rotatable bonds is 7. The lowest BCUT2D eigenvalue weighted by Gasteiger charge is -2.38. The number of carbonyl (C=O) groups is 1. The smallest absolute Gasteiger partial charge is 0.227 e. The minimum absolute atomic E-state index is 0.112. The maximum Gasteiger partial charge on any atom is 0.227 e. The lowest BCUT2D eigenvalue weighted by molar-refractivity contribution is -0.118. The number of nitrogens with zero attached hydrogens (tertiary/aromatic N) is 3. The van der Waals surface area contributed by atoms with Crippen LogP contribution in [0.1, 0.15) is 57.2 Å². The number of thioether (sulfide) groups is 1. The fourth-order valence-electron chi connectivity index (χ4n) is 4.73. The van der Waals surface area contributed by atoms with E-state index in [-0.39, 0.29) is 11.2 Å². The van der Waals surface area contributed by atoms with Crippen molar-refractivity contribution >= 4 is 39.4 Å². The molecule has 2 aliphatic rings. The zero-order valence-corrected chi connectivity index (χ0v) is 22.6. The summed E-state index contributed by atoms with van der Waals surface area (Å²) in [6.45, 7) is 6.86. The first-order valence-corrected chi connectivity index (χ1v) is 13.7. The number of hydrogen-bond acceptors (Lipinski definition) is 6. The van der Waals surface area contributed by atoms with E-state index in [2.05, 4.69) is 42.0 Å². The number of hydrogen-bond donors (Lipinski definition) is 1. The van der Waals surface area contributed by atoms with Gasteiger partial charge in [0.1, 0.15) is 18.4 Å². The predicted molar refractivity (Wildman–Crippen MR) is 143 cm³/mol. The van der Waals surface area contributed by atoms with Gasteiger partial charge in [0, 0.05) is 33.5 Å². The molecule has 0 saturated heterocycles. The Morgan fingerprint density at radius 3 is 2.77 bits per heavy atom. The second kappa shape index (κ2) is 9.82. The predicted octanol–water partition coefficient (Wildman–Crippen LogP) is 6.78. The molecule has 1 aliphatic heterocycles. The average molecular weight is 554 g/mol. The number of aromatic nitrogens is 3. The molecule has 2 heterocycles. The first kappa shape index (κ1) is 24.1. The summed E-state index contributed by atoms with van der Waals surface area (Å²) >= 11 is 5.27. The highest BCUT2D eigenvalue weighted by atomic mass is 79.9. The fraction of sp³-hybridized carbons (Fsp3) is 0.370. The van der Waals surface area contributed by atoms with Gasteiger partial charge in [-0.15, -0.1) is 5.10 Å². The summed E-state index contributed by atoms with van der Waals surface area (Å²) in [5, 5.41) is 9.02. The van der Waals surface area contributed by atoms with E-state index in [0.717, 1.165) is 51.2 Å². The number of anilines is 1. The Kier molecular flexibility index (Phi) is 6.77. The van der Waals surface area contributed by atoms with Gasteiger partial charge in [-0.1, -0.05) is 78.8 Å². The molecule has 1 unspecified atom stereocenters. The van der Waals surface area contributed by atoms with Gasteiger partial charge in [-0.05, 0) is 42.0 Å². The van der Waals surface area contributed by atoms with Crippen molar-refractivity contribution in [1.29, 1.82) is 0 Å². The second-order valence-corrected chi connectivity index (χ2v) is 11.8. The molecule has 2 aromatic carbocycles. The van der Waals surface area contributed by atoms with Crippen LogP contribution in [0.4, 0.5) is 5.95 Å². The minimum Gasteiger partial charge on any atom is -0.489 e. The lowest BCUT2D eigenvalue weighted by Crippen LogP contribution is -2.36. The summed E-state index contributed by atoms with van der Waals surface area (Å²) in [5.74, 6) is 2.49. The molecule has 0 amide bonds. The molecule has 182 valence electrons. The van der Waals surface area contributed by atoms with Gasteiger partial charge in [0.2, 0.25) is 11.1 Å². The molecule has 6 nitrogen and oxygen atoms in total. The van der Waals surface area contributed by atoms with E-state index in [9.17, 15) is 4.79 Å². The Balaban J connectivity index is 1.61. The van der Waals surface area contributed by atoms with Crippen molar-refractivity contribution in [3.05, 3.63) is 75.4 Å². The Bertz CT molecular complexity index is 1290. The molecular weight excluding hydrogens is 524 g/mol. The van der Waals surface area contributed by atoms with Crippen LogP contribution in [0.25, 0.3) is 0 Å². The SMILES string of the molecule is CCCSc1nc2n(n1)C(c1cc(Br)ccc1OCc1ccccc1)C1=C(CC(C)(C)CC1=O)N2. The van der Waals surface area contributed by atoms with Crippen molar-refractivity contribution in [3.63, 3.8) is 0 Å². The van der Waals surface area contributed by atoms with Gasteiger partial charge in [-0.25, -0.2) is 4.68 Å². The normalized spacial score (nSPS) is 18.6. The van der Waals surface area contributed by atoms with E-state index in [0.29, 0.717) is 24.1 Å². The van der Waals surface area contributed by atoms with Crippen LogP contribution in [0.3, 0.4) is 0 Å². The van der Waals surface area contributed by atoms with Gasteiger partial charge in [0.15, 0.2) is 5.78 Å². The topological polar surface area (TPSA) is 69.0 Å². The van der Waals surface area contributed by atoms with Gasteiger partial charge in [0.25, 0.3) is 0 Å². The Morgan fingerprint density at radius 2 is 2.00 bits per heavy atom. The summed E-state index contributed by atoms with van der Waals surface area (Å²) < 4.78 is 9.12. The number of ether oxygens (including phenoxy) is 1. The standard InChI is InChI=1S/C27H29BrN4O2S/c1-4-12-35-26-30-25-29-20-14-27(2,3)15-21(33)23(20)24(32(25)31-26)19-13-18(28)10-11-22(19)34-16-17-8-6-5-7-9-17/h5-11,13,24H,4,12,14-16H2,1-3H3,(H,29,30,31). The number of benzene rings is 2. The van der Waals surface area contributed by atoms with Crippen LogP contribution in [0.2, 0.25) is 0 Å². The highest BCUT2D eigenvalue weighted by Gasteiger charge is 2.42. The van der Waals surface area contributed by atoms with E-state index >= 15 is 0 Å². The number of nitrogens with one attached hydrogen (secondary N) is 1. The van der Waals surface area contributed by atoms with Crippen molar-refractivity contribution in [3.8, 4) is 5.75 Å². The van der Waals surface area contributed by atoms with Crippen LogP contribution in [0.15, 0.2) is 69.4 Å². The molecule has 1 N–H and O–H groups in total. The molecule has 8 heteroatoms. The number of halogens is 1. The summed E-state index contributed by atoms with van der Waals surface area (Å²) in [7, 11) is 0.